The first-order valence-electron chi connectivity index (χ1n) is 6.66. The van der Waals surface area contributed by atoms with Crippen LogP contribution in [0, 0.1) is 5.92 Å². The van der Waals surface area contributed by atoms with Gasteiger partial charge in [0.1, 0.15) is 0 Å². The minimum atomic E-state index is -0.873. The number of carboxylic acids is 1. The van der Waals surface area contributed by atoms with Crippen molar-refractivity contribution < 1.29 is 19.4 Å². The highest BCUT2D eigenvalue weighted by molar-refractivity contribution is 9.10. The standard InChI is InChI=1S/C14H14BrCl2NO4/c15-10-4-9(16)5-11(17)13(10)22-7-12(19)18-3-1-2-8(6-18)14(20)21/h4-5,8H,1-3,6-7H2,(H,20,21). The Hall–Kier alpha value is -0.980. The fourth-order valence-corrected chi connectivity index (χ4v) is 3.67. The molecular formula is C14H14BrCl2NO4. The van der Waals surface area contributed by atoms with Gasteiger partial charge in [-0.2, -0.15) is 0 Å². The van der Waals surface area contributed by atoms with Crippen LogP contribution in [0.25, 0.3) is 0 Å². The average Bonchev–Trinajstić information content (AvgIpc) is 2.46. The molecule has 2 rings (SSSR count). The van der Waals surface area contributed by atoms with Gasteiger partial charge in [-0.3, -0.25) is 9.59 Å². The monoisotopic (exact) mass is 409 g/mol. The number of halogens is 3. The van der Waals surface area contributed by atoms with Crippen molar-refractivity contribution in [2.75, 3.05) is 19.7 Å². The Morgan fingerprint density at radius 2 is 2.14 bits per heavy atom. The Morgan fingerprint density at radius 1 is 1.41 bits per heavy atom. The summed E-state index contributed by atoms with van der Waals surface area (Å²) >= 11 is 15.2. The van der Waals surface area contributed by atoms with E-state index < -0.39 is 11.9 Å². The maximum atomic E-state index is 12.2. The predicted octanol–water partition coefficient (Wildman–Crippen LogP) is 3.46. The van der Waals surface area contributed by atoms with Crippen LogP contribution in [0.5, 0.6) is 5.75 Å². The van der Waals surface area contributed by atoms with Crippen molar-refractivity contribution in [3.05, 3.63) is 26.7 Å². The van der Waals surface area contributed by atoms with E-state index in [1.807, 2.05) is 0 Å². The molecule has 1 N–H and O–H groups in total. The zero-order chi connectivity index (χ0) is 16.3. The molecule has 1 aliphatic heterocycles. The Labute approximate surface area is 146 Å². The number of ether oxygens (including phenoxy) is 1. The van der Waals surface area contributed by atoms with Crippen molar-refractivity contribution >= 4 is 51.0 Å². The van der Waals surface area contributed by atoms with Gasteiger partial charge < -0.3 is 14.7 Å². The van der Waals surface area contributed by atoms with Crippen molar-refractivity contribution in [2.24, 2.45) is 5.92 Å². The van der Waals surface area contributed by atoms with Crippen molar-refractivity contribution in [3.8, 4) is 5.75 Å². The van der Waals surface area contributed by atoms with Gasteiger partial charge in [0.05, 0.1) is 15.4 Å². The first-order valence-corrected chi connectivity index (χ1v) is 8.21. The molecule has 1 heterocycles. The lowest BCUT2D eigenvalue weighted by molar-refractivity contribution is -0.146. The third-order valence-electron chi connectivity index (χ3n) is 3.43. The number of piperidine rings is 1. The van der Waals surface area contributed by atoms with Crippen LogP contribution >= 0.6 is 39.1 Å². The van der Waals surface area contributed by atoms with Crippen LogP contribution in [0.15, 0.2) is 16.6 Å². The highest BCUT2D eigenvalue weighted by Gasteiger charge is 2.28. The molecule has 0 aliphatic carbocycles. The smallest absolute Gasteiger partial charge is 0.308 e. The minimum Gasteiger partial charge on any atom is -0.481 e. The van der Waals surface area contributed by atoms with E-state index in [0.717, 1.165) is 0 Å². The molecule has 22 heavy (non-hydrogen) atoms. The summed E-state index contributed by atoms with van der Waals surface area (Å²) in [7, 11) is 0. The van der Waals surface area contributed by atoms with E-state index >= 15 is 0 Å². The van der Waals surface area contributed by atoms with Crippen LogP contribution < -0.4 is 4.74 Å². The molecular weight excluding hydrogens is 397 g/mol. The first kappa shape index (κ1) is 17.4. The Bertz CT molecular complexity index is 573. The number of hydrogen-bond acceptors (Lipinski definition) is 3. The maximum absolute atomic E-state index is 12.2. The summed E-state index contributed by atoms with van der Waals surface area (Å²) in [5.41, 5.74) is 0. The molecule has 1 fully saturated rings. The lowest BCUT2D eigenvalue weighted by atomic mass is 9.98. The molecule has 120 valence electrons. The van der Waals surface area contributed by atoms with Crippen LogP contribution in [-0.2, 0) is 9.59 Å². The number of likely N-dealkylation sites (tertiary alicyclic amines) is 1. The number of amides is 1. The molecule has 8 heteroatoms. The number of carbonyl (C=O) groups excluding carboxylic acids is 1. The zero-order valence-corrected chi connectivity index (χ0v) is 14.6. The number of aliphatic carboxylic acids is 1. The Kier molecular flexibility index (Phi) is 5.94. The summed E-state index contributed by atoms with van der Waals surface area (Å²) in [6, 6.07) is 3.14. The summed E-state index contributed by atoms with van der Waals surface area (Å²) in [4.78, 5) is 24.7. The normalized spacial score (nSPS) is 18.1. The minimum absolute atomic E-state index is 0.202. The lowest BCUT2D eigenvalue weighted by Gasteiger charge is -2.30. The molecule has 0 saturated carbocycles. The van der Waals surface area contributed by atoms with Crippen LogP contribution in [0.4, 0.5) is 0 Å². The van der Waals surface area contributed by atoms with Crippen molar-refractivity contribution in [2.45, 2.75) is 12.8 Å². The summed E-state index contributed by atoms with van der Waals surface area (Å²) in [5.74, 6) is -1.31. The van der Waals surface area contributed by atoms with E-state index in [9.17, 15) is 9.59 Å². The second kappa shape index (κ2) is 7.53. The molecule has 1 atom stereocenters. The molecule has 1 saturated heterocycles. The summed E-state index contributed by atoms with van der Waals surface area (Å²) in [6.45, 7) is 0.556. The zero-order valence-electron chi connectivity index (χ0n) is 11.5. The number of hydrogen-bond donors (Lipinski definition) is 1. The van der Waals surface area contributed by atoms with Crippen molar-refractivity contribution in [1.29, 1.82) is 0 Å². The van der Waals surface area contributed by atoms with Gasteiger partial charge in [-0.15, -0.1) is 0 Å². The second-order valence-electron chi connectivity index (χ2n) is 5.00. The summed E-state index contributed by atoms with van der Waals surface area (Å²) < 4.78 is 6.01. The van der Waals surface area contributed by atoms with E-state index in [2.05, 4.69) is 15.9 Å². The lowest BCUT2D eigenvalue weighted by Crippen LogP contribution is -2.44. The fraction of sp³-hybridized carbons (Fsp3) is 0.429. The molecule has 1 unspecified atom stereocenters. The van der Waals surface area contributed by atoms with Crippen molar-refractivity contribution in [1.82, 2.24) is 4.90 Å². The highest BCUT2D eigenvalue weighted by atomic mass is 79.9. The van der Waals surface area contributed by atoms with Gasteiger partial charge in [-0.1, -0.05) is 23.2 Å². The molecule has 1 aromatic carbocycles. The van der Waals surface area contributed by atoms with Crippen LogP contribution in [-0.4, -0.2) is 41.6 Å². The summed E-state index contributed by atoms with van der Waals surface area (Å²) in [5, 5.41) is 9.79. The molecule has 0 radical (unpaired) electrons. The van der Waals surface area contributed by atoms with Crippen LogP contribution in [0.2, 0.25) is 10.0 Å². The van der Waals surface area contributed by atoms with Gasteiger partial charge in [-0.05, 0) is 40.9 Å². The van der Waals surface area contributed by atoms with Crippen LogP contribution in [0.3, 0.4) is 0 Å². The van der Waals surface area contributed by atoms with Gasteiger partial charge in [-0.25, -0.2) is 0 Å². The van der Waals surface area contributed by atoms with E-state index in [0.29, 0.717) is 39.7 Å². The average molecular weight is 411 g/mol. The van der Waals surface area contributed by atoms with E-state index in [-0.39, 0.29) is 19.1 Å². The number of carboxylic acid groups (broad SMARTS) is 1. The van der Waals surface area contributed by atoms with Gasteiger partial charge in [0, 0.05) is 18.1 Å². The van der Waals surface area contributed by atoms with E-state index in [4.69, 9.17) is 33.0 Å². The molecule has 5 nitrogen and oxygen atoms in total. The van der Waals surface area contributed by atoms with Gasteiger partial charge in [0.25, 0.3) is 5.91 Å². The third-order valence-corrected chi connectivity index (χ3v) is 4.51. The highest BCUT2D eigenvalue weighted by Crippen LogP contribution is 2.36. The first-order chi connectivity index (χ1) is 10.4. The topological polar surface area (TPSA) is 66.8 Å². The van der Waals surface area contributed by atoms with Crippen molar-refractivity contribution in [3.63, 3.8) is 0 Å². The quantitative estimate of drug-likeness (QED) is 0.825. The van der Waals surface area contributed by atoms with Gasteiger partial charge >= 0.3 is 5.97 Å². The SMILES string of the molecule is O=C(O)C1CCCN(C(=O)COc2c(Cl)cc(Cl)cc2Br)C1. The molecule has 0 spiro atoms. The second-order valence-corrected chi connectivity index (χ2v) is 6.70. The number of carbonyl (C=O) groups is 2. The molecule has 1 aromatic rings. The summed E-state index contributed by atoms with van der Waals surface area (Å²) in [6.07, 6.45) is 1.27. The number of nitrogens with zero attached hydrogens (tertiary/aromatic N) is 1. The third kappa shape index (κ3) is 4.27. The molecule has 1 aliphatic rings. The van der Waals surface area contributed by atoms with E-state index in [1.54, 1.807) is 6.07 Å². The largest absolute Gasteiger partial charge is 0.481 e. The Balaban J connectivity index is 1.97. The predicted molar refractivity (Wildman–Crippen MR) is 86.6 cm³/mol. The molecule has 0 bridgehead atoms. The maximum Gasteiger partial charge on any atom is 0.308 e. The van der Waals surface area contributed by atoms with E-state index in [1.165, 1.54) is 11.0 Å². The Morgan fingerprint density at radius 3 is 2.77 bits per heavy atom. The number of rotatable bonds is 4. The fourth-order valence-electron chi connectivity index (χ4n) is 2.30. The van der Waals surface area contributed by atoms with Crippen LogP contribution in [0.1, 0.15) is 12.8 Å². The molecule has 1 amide bonds. The van der Waals surface area contributed by atoms with Gasteiger partial charge in [0.15, 0.2) is 12.4 Å². The number of benzene rings is 1. The molecule has 0 aromatic heterocycles. The van der Waals surface area contributed by atoms with Gasteiger partial charge in [0.2, 0.25) is 0 Å².